The predicted molar refractivity (Wildman–Crippen MR) is 51.3 cm³/mol. The maximum atomic E-state index is 9.26. The van der Waals surface area contributed by atoms with Crippen molar-refractivity contribution in [2.75, 3.05) is 11.9 Å². The van der Waals surface area contributed by atoms with Crippen molar-refractivity contribution in [3.8, 4) is 11.5 Å². The van der Waals surface area contributed by atoms with E-state index >= 15 is 0 Å². The Morgan fingerprint density at radius 2 is 2.23 bits per heavy atom. The summed E-state index contributed by atoms with van der Waals surface area (Å²) in [5.74, 6) is 1.06. The zero-order chi connectivity index (χ0) is 9.47. The molecule has 0 saturated heterocycles. The fraction of sp³-hybridized carbons (Fsp3) is 0.400. The van der Waals surface area contributed by atoms with E-state index in [2.05, 4.69) is 19.2 Å². The summed E-state index contributed by atoms with van der Waals surface area (Å²) in [6, 6.07) is 5.07. The molecule has 0 bridgehead atoms. The summed E-state index contributed by atoms with van der Waals surface area (Å²) in [6.45, 7) is 4.75. The van der Waals surface area contributed by atoms with E-state index in [1.54, 1.807) is 18.2 Å². The highest BCUT2D eigenvalue weighted by Crippen LogP contribution is 2.34. The number of nitrogens with one attached hydrogen (secondary N) is 1. The van der Waals surface area contributed by atoms with Gasteiger partial charge in [-0.1, -0.05) is 0 Å². The number of ether oxygens (including phenoxy) is 1. The van der Waals surface area contributed by atoms with Gasteiger partial charge in [0.05, 0.1) is 11.2 Å². The van der Waals surface area contributed by atoms with Gasteiger partial charge in [-0.25, -0.2) is 0 Å². The van der Waals surface area contributed by atoms with Crippen LogP contribution >= 0.6 is 0 Å². The highest BCUT2D eigenvalue weighted by atomic mass is 16.5. The van der Waals surface area contributed by atoms with Crippen LogP contribution in [0.15, 0.2) is 18.2 Å². The van der Waals surface area contributed by atoms with Crippen LogP contribution in [0.4, 0.5) is 5.69 Å². The van der Waals surface area contributed by atoms with Crippen molar-refractivity contribution in [2.24, 2.45) is 0 Å². The predicted octanol–water partition coefficient (Wildman–Crippen LogP) is 1.98. The molecule has 1 aromatic rings. The summed E-state index contributed by atoms with van der Waals surface area (Å²) in [7, 11) is 0. The minimum Gasteiger partial charge on any atom is -0.508 e. The number of fused-ring (bicyclic) bond motifs is 1. The van der Waals surface area contributed by atoms with Crippen molar-refractivity contribution in [2.45, 2.75) is 19.4 Å². The van der Waals surface area contributed by atoms with Gasteiger partial charge in [-0.05, 0) is 26.0 Å². The maximum absolute atomic E-state index is 9.26. The van der Waals surface area contributed by atoms with Gasteiger partial charge in [-0.3, -0.25) is 0 Å². The molecule has 0 unspecified atom stereocenters. The van der Waals surface area contributed by atoms with Gasteiger partial charge in [0.1, 0.15) is 18.1 Å². The van der Waals surface area contributed by atoms with Gasteiger partial charge in [0, 0.05) is 6.07 Å². The second-order valence-electron chi connectivity index (χ2n) is 3.98. The van der Waals surface area contributed by atoms with Gasteiger partial charge in [-0.15, -0.1) is 0 Å². The first-order valence-electron chi connectivity index (χ1n) is 4.31. The number of hydrogen-bond acceptors (Lipinski definition) is 3. The lowest BCUT2D eigenvalue weighted by Gasteiger charge is -2.33. The topological polar surface area (TPSA) is 41.5 Å². The van der Waals surface area contributed by atoms with Crippen molar-refractivity contribution < 1.29 is 9.84 Å². The molecule has 0 radical (unpaired) electrons. The van der Waals surface area contributed by atoms with E-state index in [4.69, 9.17) is 4.74 Å². The van der Waals surface area contributed by atoms with Crippen LogP contribution in [0.5, 0.6) is 11.5 Å². The molecule has 2 N–H and O–H groups in total. The van der Waals surface area contributed by atoms with E-state index in [-0.39, 0.29) is 11.3 Å². The fourth-order valence-electron chi connectivity index (χ4n) is 1.40. The van der Waals surface area contributed by atoms with Crippen molar-refractivity contribution in [3.63, 3.8) is 0 Å². The first kappa shape index (κ1) is 8.23. The lowest BCUT2D eigenvalue weighted by atomic mass is 10.0. The van der Waals surface area contributed by atoms with Crippen molar-refractivity contribution in [3.05, 3.63) is 18.2 Å². The molecule has 0 aliphatic carbocycles. The van der Waals surface area contributed by atoms with Crippen LogP contribution in [0, 0.1) is 0 Å². The SMILES string of the molecule is CC1(C)COc2ccc(O)cc2N1. The minimum atomic E-state index is -0.0687. The lowest BCUT2D eigenvalue weighted by Crippen LogP contribution is -2.40. The van der Waals surface area contributed by atoms with Crippen LogP contribution in [0.3, 0.4) is 0 Å². The first-order chi connectivity index (χ1) is 6.07. The second-order valence-corrected chi connectivity index (χ2v) is 3.98. The Kier molecular flexibility index (Phi) is 1.62. The standard InChI is InChI=1S/C10H13NO2/c1-10(2)6-13-9-4-3-7(12)5-8(9)11-10/h3-5,11-12H,6H2,1-2H3. The van der Waals surface area contributed by atoms with Gasteiger partial charge in [0.2, 0.25) is 0 Å². The Hall–Kier alpha value is -1.38. The zero-order valence-corrected chi connectivity index (χ0v) is 7.79. The average Bonchev–Trinajstić information content (AvgIpc) is 2.01. The normalized spacial score (nSPS) is 18.3. The van der Waals surface area contributed by atoms with Gasteiger partial charge in [0.25, 0.3) is 0 Å². The molecule has 2 rings (SSSR count). The van der Waals surface area contributed by atoms with E-state index in [9.17, 15) is 5.11 Å². The van der Waals surface area contributed by atoms with Gasteiger partial charge in [0.15, 0.2) is 0 Å². The molecule has 1 aliphatic rings. The molecule has 13 heavy (non-hydrogen) atoms. The van der Waals surface area contributed by atoms with Crippen LogP contribution < -0.4 is 10.1 Å². The highest BCUT2D eigenvalue weighted by Gasteiger charge is 2.25. The Morgan fingerprint density at radius 1 is 1.46 bits per heavy atom. The molecular formula is C10H13NO2. The number of aromatic hydroxyl groups is 1. The van der Waals surface area contributed by atoms with Gasteiger partial charge in [-0.2, -0.15) is 0 Å². The molecule has 0 aromatic heterocycles. The fourth-order valence-corrected chi connectivity index (χ4v) is 1.40. The Labute approximate surface area is 77.3 Å². The van der Waals surface area contributed by atoms with Gasteiger partial charge >= 0.3 is 0 Å². The summed E-state index contributed by atoms with van der Waals surface area (Å²) in [5, 5.41) is 12.6. The van der Waals surface area contributed by atoms with Gasteiger partial charge < -0.3 is 15.2 Å². The first-order valence-corrected chi connectivity index (χ1v) is 4.31. The number of phenols is 1. The molecule has 0 atom stereocenters. The molecule has 0 spiro atoms. The Bertz CT molecular complexity index is 334. The largest absolute Gasteiger partial charge is 0.508 e. The van der Waals surface area contributed by atoms with Crippen LogP contribution in [0.2, 0.25) is 0 Å². The summed E-state index contributed by atoms with van der Waals surface area (Å²) in [6.07, 6.45) is 0. The maximum Gasteiger partial charge on any atom is 0.142 e. The summed E-state index contributed by atoms with van der Waals surface area (Å²) < 4.78 is 5.52. The number of benzene rings is 1. The van der Waals surface area contributed by atoms with E-state index in [0.29, 0.717) is 6.61 Å². The number of phenolic OH excluding ortho intramolecular Hbond substituents is 1. The van der Waals surface area contributed by atoms with E-state index in [1.165, 1.54) is 0 Å². The quantitative estimate of drug-likeness (QED) is 0.639. The molecule has 0 saturated carbocycles. The number of hydrogen-bond donors (Lipinski definition) is 2. The molecule has 3 heteroatoms. The molecule has 1 heterocycles. The van der Waals surface area contributed by atoms with E-state index in [0.717, 1.165) is 11.4 Å². The Morgan fingerprint density at radius 3 is 3.00 bits per heavy atom. The summed E-state index contributed by atoms with van der Waals surface area (Å²) in [4.78, 5) is 0. The highest BCUT2D eigenvalue weighted by molar-refractivity contribution is 5.62. The molecular weight excluding hydrogens is 166 g/mol. The third kappa shape index (κ3) is 1.54. The molecule has 0 fully saturated rings. The zero-order valence-electron chi connectivity index (χ0n) is 7.79. The average molecular weight is 179 g/mol. The van der Waals surface area contributed by atoms with E-state index < -0.39 is 0 Å². The molecule has 1 aliphatic heterocycles. The minimum absolute atomic E-state index is 0.0687. The second kappa shape index (κ2) is 2.55. The lowest BCUT2D eigenvalue weighted by molar-refractivity contribution is 0.241. The number of rotatable bonds is 0. The monoisotopic (exact) mass is 179 g/mol. The van der Waals surface area contributed by atoms with Crippen molar-refractivity contribution in [1.82, 2.24) is 0 Å². The third-order valence-electron chi connectivity index (χ3n) is 2.02. The van der Waals surface area contributed by atoms with Crippen molar-refractivity contribution >= 4 is 5.69 Å². The molecule has 0 amide bonds. The Balaban J connectivity index is 2.38. The van der Waals surface area contributed by atoms with Crippen LogP contribution in [0.1, 0.15) is 13.8 Å². The molecule has 3 nitrogen and oxygen atoms in total. The third-order valence-corrected chi connectivity index (χ3v) is 2.02. The van der Waals surface area contributed by atoms with Crippen LogP contribution in [0.25, 0.3) is 0 Å². The van der Waals surface area contributed by atoms with Crippen LogP contribution in [-0.4, -0.2) is 17.3 Å². The van der Waals surface area contributed by atoms with Crippen molar-refractivity contribution in [1.29, 1.82) is 0 Å². The summed E-state index contributed by atoms with van der Waals surface area (Å²) >= 11 is 0. The summed E-state index contributed by atoms with van der Waals surface area (Å²) in [5.41, 5.74) is 0.789. The smallest absolute Gasteiger partial charge is 0.142 e. The molecule has 70 valence electrons. The number of anilines is 1. The molecule has 1 aromatic carbocycles. The van der Waals surface area contributed by atoms with E-state index in [1.807, 2.05) is 0 Å². The van der Waals surface area contributed by atoms with Crippen LogP contribution in [-0.2, 0) is 0 Å².